The van der Waals surface area contributed by atoms with E-state index < -0.39 is 0 Å². The molecule has 5 nitrogen and oxygen atoms in total. The Bertz CT molecular complexity index is 889. The maximum Gasteiger partial charge on any atom is 0.157 e. The van der Waals surface area contributed by atoms with Gasteiger partial charge in [0.1, 0.15) is 11.6 Å². The van der Waals surface area contributed by atoms with Gasteiger partial charge in [0.05, 0.1) is 11.9 Å². The van der Waals surface area contributed by atoms with Crippen molar-refractivity contribution in [2.24, 2.45) is 5.92 Å². The number of benzene rings is 1. The van der Waals surface area contributed by atoms with Gasteiger partial charge in [0.15, 0.2) is 5.65 Å². The molecule has 2 aromatic heterocycles. The van der Waals surface area contributed by atoms with Crippen LogP contribution >= 0.6 is 0 Å². The second-order valence-electron chi connectivity index (χ2n) is 7.04. The molecule has 0 saturated carbocycles. The van der Waals surface area contributed by atoms with Crippen molar-refractivity contribution >= 4 is 11.5 Å². The molecule has 0 radical (unpaired) electrons. The van der Waals surface area contributed by atoms with Gasteiger partial charge in [-0.2, -0.15) is 9.61 Å². The van der Waals surface area contributed by atoms with Crippen LogP contribution in [0.25, 0.3) is 16.9 Å². The number of halogens is 1. The molecule has 1 atom stereocenters. The lowest BCUT2D eigenvalue weighted by Crippen LogP contribution is -2.29. The van der Waals surface area contributed by atoms with Gasteiger partial charge in [-0.25, -0.2) is 9.37 Å². The molecule has 1 saturated heterocycles. The molecule has 1 aromatic carbocycles. The molecule has 3 aromatic rings. The van der Waals surface area contributed by atoms with Gasteiger partial charge < -0.3 is 9.80 Å². The highest BCUT2D eigenvalue weighted by molar-refractivity contribution is 5.66. The predicted octanol–water partition coefficient (Wildman–Crippen LogP) is 3.31. The van der Waals surface area contributed by atoms with Crippen LogP contribution in [-0.2, 0) is 0 Å². The Morgan fingerprint density at radius 3 is 2.77 bits per heavy atom. The van der Waals surface area contributed by atoms with Crippen LogP contribution in [0.5, 0.6) is 0 Å². The maximum atomic E-state index is 13.3. The summed E-state index contributed by atoms with van der Waals surface area (Å²) >= 11 is 0. The molecule has 1 fully saturated rings. The van der Waals surface area contributed by atoms with Gasteiger partial charge in [0.25, 0.3) is 0 Å². The van der Waals surface area contributed by atoms with E-state index in [2.05, 4.69) is 33.9 Å². The van der Waals surface area contributed by atoms with Crippen LogP contribution in [0.15, 0.2) is 42.6 Å². The minimum absolute atomic E-state index is 0.238. The van der Waals surface area contributed by atoms with E-state index in [0.717, 1.165) is 42.4 Å². The first-order valence-electron chi connectivity index (χ1n) is 9.18. The number of likely N-dealkylation sites (tertiary alicyclic amines) is 1. The predicted molar refractivity (Wildman–Crippen MR) is 102 cm³/mol. The average molecular weight is 353 g/mol. The Balaban J connectivity index is 1.65. The fourth-order valence-electron chi connectivity index (χ4n) is 3.77. The number of nitrogens with zero attached hydrogens (tertiary/aromatic N) is 5. The monoisotopic (exact) mass is 353 g/mol. The molecular formula is C20H24FN5. The van der Waals surface area contributed by atoms with E-state index in [1.54, 1.807) is 18.3 Å². The second-order valence-corrected chi connectivity index (χ2v) is 7.04. The minimum atomic E-state index is -0.238. The second kappa shape index (κ2) is 7.03. The number of hydrogen-bond acceptors (Lipinski definition) is 4. The Morgan fingerprint density at radius 2 is 2.04 bits per heavy atom. The summed E-state index contributed by atoms with van der Waals surface area (Å²) in [6, 6.07) is 10.4. The van der Waals surface area contributed by atoms with E-state index in [4.69, 9.17) is 0 Å². The van der Waals surface area contributed by atoms with E-state index >= 15 is 0 Å². The van der Waals surface area contributed by atoms with Gasteiger partial charge in [0, 0.05) is 37.8 Å². The molecule has 0 amide bonds. The molecule has 0 bridgehead atoms. The van der Waals surface area contributed by atoms with Crippen molar-refractivity contribution in [3.05, 3.63) is 48.4 Å². The van der Waals surface area contributed by atoms with Crippen LogP contribution in [0.1, 0.15) is 13.3 Å². The summed E-state index contributed by atoms with van der Waals surface area (Å²) in [6.45, 7) is 6.66. The van der Waals surface area contributed by atoms with Gasteiger partial charge in [0.2, 0.25) is 0 Å². The van der Waals surface area contributed by atoms with E-state index in [1.165, 1.54) is 25.1 Å². The molecule has 3 heterocycles. The third kappa shape index (κ3) is 3.29. The summed E-state index contributed by atoms with van der Waals surface area (Å²) in [5.41, 5.74) is 2.54. The summed E-state index contributed by atoms with van der Waals surface area (Å²) in [6.07, 6.45) is 3.00. The molecule has 0 aliphatic carbocycles. The van der Waals surface area contributed by atoms with Gasteiger partial charge in [-0.15, -0.1) is 0 Å². The standard InChI is InChI=1S/C20H24FN5/c1-3-25-11-9-15(14-25)13-24(2)20-12-18(16-4-6-17(21)7-5-16)23-19-8-10-22-26(19)20/h4-8,10,12,15H,3,9,11,13-14H2,1-2H3/t15-/m0/s1. The number of hydrogen-bond donors (Lipinski definition) is 0. The fraction of sp³-hybridized carbons (Fsp3) is 0.400. The van der Waals surface area contributed by atoms with E-state index in [1.807, 2.05) is 16.6 Å². The van der Waals surface area contributed by atoms with Crippen molar-refractivity contribution in [1.82, 2.24) is 19.5 Å². The van der Waals surface area contributed by atoms with E-state index in [9.17, 15) is 4.39 Å². The van der Waals surface area contributed by atoms with Crippen LogP contribution in [0.3, 0.4) is 0 Å². The quantitative estimate of drug-likeness (QED) is 0.705. The van der Waals surface area contributed by atoms with Crippen molar-refractivity contribution in [2.75, 3.05) is 38.1 Å². The van der Waals surface area contributed by atoms with E-state index in [-0.39, 0.29) is 5.82 Å². The molecule has 4 rings (SSSR count). The fourth-order valence-corrected chi connectivity index (χ4v) is 3.77. The summed E-state index contributed by atoms with van der Waals surface area (Å²) in [7, 11) is 2.11. The molecule has 1 aliphatic heterocycles. The molecule has 26 heavy (non-hydrogen) atoms. The Hall–Kier alpha value is -2.47. The normalized spacial score (nSPS) is 17.9. The highest BCUT2D eigenvalue weighted by Crippen LogP contribution is 2.26. The highest BCUT2D eigenvalue weighted by Gasteiger charge is 2.23. The van der Waals surface area contributed by atoms with Crippen LogP contribution in [-0.4, -0.2) is 52.7 Å². The molecule has 0 spiro atoms. The number of aromatic nitrogens is 3. The zero-order chi connectivity index (χ0) is 18.1. The number of rotatable bonds is 5. The summed E-state index contributed by atoms with van der Waals surface area (Å²) in [5.74, 6) is 1.43. The zero-order valence-corrected chi connectivity index (χ0v) is 15.3. The minimum Gasteiger partial charge on any atom is -0.359 e. The topological polar surface area (TPSA) is 36.7 Å². The highest BCUT2D eigenvalue weighted by atomic mass is 19.1. The zero-order valence-electron chi connectivity index (χ0n) is 15.3. The van der Waals surface area contributed by atoms with Crippen LogP contribution in [0.4, 0.5) is 10.2 Å². The number of fused-ring (bicyclic) bond motifs is 1. The van der Waals surface area contributed by atoms with Crippen molar-refractivity contribution < 1.29 is 4.39 Å². The molecule has 6 heteroatoms. The van der Waals surface area contributed by atoms with Crippen LogP contribution in [0.2, 0.25) is 0 Å². The lowest BCUT2D eigenvalue weighted by Gasteiger charge is -2.24. The van der Waals surface area contributed by atoms with Crippen LogP contribution in [0, 0.1) is 11.7 Å². The Labute approximate surface area is 153 Å². The van der Waals surface area contributed by atoms with Crippen molar-refractivity contribution in [2.45, 2.75) is 13.3 Å². The summed E-state index contributed by atoms with van der Waals surface area (Å²) in [5, 5.41) is 4.44. The molecular weight excluding hydrogens is 329 g/mol. The van der Waals surface area contributed by atoms with Crippen molar-refractivity contribution in [3.8, 4) is 11.3 Å². The SMILES string of the molecule is CCN1CC[C@@H](CN(C)c2cc(-c3ccc(F)cc3)nc3ccnn23)C1. The molecule has 1 aliphatic rings. The smallest absolute Gasteiger partial charge is 0.157 e. The van der Waals surface area contributed by atoms with Gasteiger partial charge in [-0.1, -0.05) is 6.92 Å². The van der Waals surface area contributed by atoms with Gasteiger partial charge >= 0.3 is 0 Å². The van der Waals surface area contributed by atoms with Gasteiger partial charge in [-0.3, -0.25) is 0 Å². The Kier molecular flexibility index (Phi) is 4.59. The van der Waals surface area contributed by atoms with E-state index in [0.29, 0.717) is 5.92 Å². The largest absolute Gasteiger partial charge is 0.359 e. The average Bonchev–Trinajstić information content (AvgIpc) is 3.30. The third-order valence-corrected chi connectivity index (χ3v) is 5.22. The van der Waals surface area contributed by atoms with Crippen molar-refractivity contribution in [1.29, 1.82) is 0 Å². The van der Waals surface area contributed by atoms with Gasteiger partial charge in [-0.05, 0) is 49.7 Å². The summed E-state index contributed by atoms with van der Waals surface area (Å²) in [4.78, 5) is 9.44. The first-order valence-corrected chi connectivity index (χ1v) is 9.18. The van der Waals surface area contributed by atoms with Crippen molar-refractivity contribution in [3.63, 3.8) is 0 Å². The lowest BCUT2D eigenvalue weighted by atomic mass is 10.1. The molecule has 0 N–H and O–H groups in total. The lowest BCUT2D eigenvalue weighted by molar-refractivity contribution is 0.343. The first-order chi connectivity index (χ1) is 12.6. The van der Waals surface area contributed by atoms with Crippen LogP contribution < -0.4 is 4.90 Å². The maximum absolute atomic E-state index is 13.3. The summed E-state index contributed by atoms with van der Waals surface area (Å²) < 4.78 is 15.1. The Morgan fingerprint density at radius 1 is 1.23 bits per heavy atom. The molecule has 0 unspecified atom stereocenters. The third-order valence-electron chi connectivity index (χ3n) is 5.22. The first kappa shape index (κ1) is 17.0. The molecule has 136 valence electrons. The number of anilines is 1.